The fourth-order valence-electron chi connectivity index (χ4n) is 3.27. The third-order valence-electron chi connectivity index (χ3n) is 5.07. The molecule has 35 heavy (non-hydrogen) atoms. The molecule has 4 rings (SSSR count). The van der Waals surface area contributed by atoms with Gasteiger partial charge in [-0.15, -0.1) is 8.78 Å². The number of amides is 3. The Labute approximate surface area is 200 Å². The predicted octanol–water partition coefficient (Wildman–Crippen LogP) is 4.50. The number of rotatable bonds is 6. The maximum atomic E-state index is 13.4. The van der Waals surface area contributed by atoms with E-state index in [1.165, 1.54) is 11.0 Å². The van der Waals surface area contributed by atoms with Crippen molar-refractivity contribution in [2.75, 3.05) is 30.0 Å². The molecule has 0 saturated carbocycles. The van der Waals surface area contributed by atoms with Crippen LogP contribution in [0.15, 0.2) is 60.8 Å². The largest absolute Gasteiger partial charge is 0.535 e. The molecule has 3 aromatic rings. The minimum Gasteiger partial charge on any atom is -0.409 e. The summed E-state index contributed by atoms with van der Waals surface area (Å²) in [4.78, 5) is 30.3. The van der Waals surface area contributed by atoms with Crippen LogP contribution in [0.3, 0.4) is 0 Å². The van der Waals surface area contributed by atoms with Crippen LogP contribution in [0.5, 0.6) is 5.75 Å². The fourth-order valence-corrected chi connectivity index (χ4v) is 3.27. The highest BCUT2D eigenvalue weighted by molar-refractivity contribution is 6.08. The highest BCUT2D eigenvalue weighted by atomic mass is 19.3. The van der Waals surface area contributed by atoms with Gasteiger partial charge >= 0.3 is 12.3 Å². The number of benzene rings is 2. The number of halogens is 2. The molecule has 1 aliphatic rings. The highest BCUT2D eigenvalue weighted by Crippen LogP contribution is 2.35. The van der Waals surface area contributed by atoms with Gasteiger partial charge < -0.3 is 20.3 Å². The number of para-hydroxylation sites is 1. The summed E-state index contributed by atoms with van der Waals surface area (Å²) in [6.45, 7) is 0.0677. The van der Waals surface area contributed by atoms with Crippen LogP contribution < -0.4 is 20.7 Å². The standard InChI is InChI=1S/C24H23F2N5O4/c1-31(2)23(33)30-21-11-15(9-10-27-21)13-28-19-6-4-3-5-18(19)22(32)29-17-8-7-16-14-34-24(25,26)35-20(16)12-17/h3-12,28H,13-14H2,1-2H3,(H,29,32)(H,27,30,33). The maximum Gasteiger partial charge on any atom is 0.535 e. The van der Waals surface area contributed by atoms with E-state index in [0.29, 0.717) is 34.9 Å². The van der Waals surface area contributed by atoms with Gasteiger partial charge in [-0.1, -0.05) is 18.2 Å². The van der Waals surface area contributed by atoms with E-state index >= 15 is 0 Å². The Morgan fingerprint density at radius 3 is 2.69 bits per heavy atom. The molecular formula is C24H23F2N5O4. The lowest BCUT2D eigenvalue weighted by Crippen LogP contribution is -2.32. The van der Waals surface area contributed by atoms with Gasteiger partial charge in [0.25, 0.3) is 5.91 Å². The quantitative estimate of drug-likeness (QED) is 0.477. The molecule has 11 heteroatoms. The number of fused-ring (bicyclic) bond motifs is 1. The number of anilines is 3. The summed E-state index contributed by atoms with van der Waals surface area (Å²) < 4.78 is 35.6. The van der Waals surface area contributed by atoms with Crippen LogP contribution in [0.1, 0.15) is 21.5 Å². The Hall–Kier alpha value is -4.25. The summed E-state index contributed by atoms with van der Waals surface area (Å²) in [5.41, 5.74) is 2.51. The predicted molar refractivity (Wildman–Crippen MR) is 125 cm³/mol. The summed E-state index contributed by atoms with van der Waals surface area (Å²) in [7, 11) is 3.26. The molecule has 3 amide bonds. The minimum atomic E-state index is -3.71. The van der Waals surface area contributed by atoms with Crippen LogP contribution in [0.25, 0.3) is 0 Å². The number of alkyl halides is 2. The van der Waals surface area contributed by atoms with E-state index in [9.17, 15) is 18.4 Å². The Bertz CT molecular complexity index is 1250. The number of hydrogen-bond donors (Lipinski definition) is 3. The number of carbonyl (C=O) groups is 2. The summed E-state index contributed by atoms with van der Waals surface area (Å²) in [6, 6.07) is 14.6. The van der Waals surface area contributed by atoms with Crippen molar-refractivity contribution in [3.05, 3.63) is 77.5 Å². The molecule has 2 heterocycles. The monoisotopic (exact) mass is 483 g/mol. The Morgan fingerprint density at radius 1 is 1.09 bits per heavy atom. The Morgan fingerprint density at radius 2 is 1.89 bits per heavy atom. The zero-order chi connectivity index (χ0) is 25.0. The topological polar surface area (TPSA) is 105 Å². The molecule has 0 aliphatic carbocycles. The highest BCUT2D eigenvalue weighted by Gasteiger charge is 2.38. The number of nitrogens with zero attached hydrogens (tertiary/aromatic N) is 2. The molecule has 2 aromatic carbocycles. The first-order chi connectivity index (χ1) is 16.7. The van der Waals surface area contributed by atoms with E-state index in [0.717, 1.165) is 5.56 Å². The molecule has 0 bridgehead atoms. The number of carbonyl (C=O) groups excluding carboxylic acids is 2. The second-order valence-electron chi connectivity index (χ2n) is 7.90. The molecule has 0 radical (unpaired) electrons. The first-order valence-electron chi connectivity index (χ1n) is 10.6. The molecule has 0 atom stereocenters. The van der Waals surface area contributed by atoms with Gasteiger partial charge in [0, 0.05) is 49.8 Å². The van der Waals surface area contributed by atoms with E-state index in [4.69, 9.17) is 0 Å². The van der Waals surface area contributed by atoms with Crippen LogP contribution >= 0.6 is 0 Å². The van der Waals surface area contributed by atoms with Crippen LogP contribution in [0.2, 0.25) is 0 Å². The molecule has 9 nitrogen and oxygen atoms in total. The second-order valence-corrected chi connectivity index (χ2v) is 7.90. The van der Waals surface area contributed by atoms with Gasteiger partial charge in [-0.2, -0.15) is 0 Å². The average Bonchev–Trinajstić information content (AvgIpc) is 2.82. The van der Waals surface area contributed by atoms with E-state index in [2.05, 4.69) is 30.4 Å². The fraction of sp³-hybridized carbons (Fsp3) is 0.208. The van der Waals surface area contributed by atoms with E-state index in [1.807, 2.05) is 0 Å². The average molecular weight is 483 g/mol. The maximum absolute atomic E-state index is 13.4. The minimum absolute atomic E-state index is 0.0553. The third-order valence-corrected chi connectivity index (χ3v) is 5.07. The van der Waals surface area contributed by atoms with Crippen molar-refractivity contribution < 1.29 is 27.8 Å². The first kappa shape index (κ1) is 23.9. The zero-order valence-corrected chi connectivity index (χ0v) is 19.0. The summed E-state index contributed by atoms with van der Waals surface area (Å²) in [5, 5.41) is 8.60. The lowest BCUT2D eigenvalue weighted by atomic mass is 10.1. The van der Waals surface area contributed by atoms with Crippen molar-refractivity contribution in [3.8, 4) is 5.75 Å². The molecule has 0 spiro atoms. The molecule has 1 aromatic heterocycles. The van der Waals surface area contributed by atoms with Crippen molar-refractivity contribution in [1.82, 2.24) is 9.88 Å². The molecule has 182 valence electrons. The van der Waals surface area contributed by atoms with E-state index in [1.54, 1.807) is 68.8 Å². The van der Waals surface area contributed by atoms with E-state index < -0.39 is 12.2 Å². The van der Waals surface area contributed by atoms with Crippen molar-refractivity contribution in [3.63, 3.8) is 0 Å². The van der Waals surface area contributed by atoms with Crippen LogP contribution in [-0.2, 0) is 17.9 Å². The van der Waals surface area contributed by atoms with Gasteiger partial charge in [-0.25, -0.2) is 9.78 Å². The van der Waals surface area contributed by atoms with Gasteiger partial charge in [-0.3, -0.25) is 14.8 Å². The molecular weight excluding hydrogens is 460 g/mol. The first-order valence-corrected chi connectivity index (χ1v) is 10.6. The van der Waals surface area contributed by atoms with Gasteiger partial charge in [0.05, 0.1) is 12.2 Å². The van der Waals surface area contributed by atoms with Gasteiger partial charge in [0.2, 0.25) is 0 Å². The van der Waals surface area contributed by atoms with Gasteiger partial charge in [0.1, 0.15) is 11.6 Å². The van der Waals surface area contributed by atoms with Gasteiger partial charge in [0.15, 0.2) is 0 Å². The number of ether oxygens (including phenoxy) is 2. The third kappa shape index (κ3) is 6.01. The number of urea groups is 1. The molecule has 0 fully saturated rings. The lowest BCUT2D eigenvalue weighted by molar-refractivity contribution is -0.367. The van der Waals surface area contributed by atoms with Crippen molar-refractivity contribution in [2.45, 2.75) is 19.4 Å². The summed E-state index contributed by atoms with van der Waals surface area (Å²) >= 11 is 0. The second kappa shape index (κ2) is 9.94. The smallest absolute Gasteiger partial charge is 0.409 e. The molecule has 0 saturated heterocycles. The number of nitrogens with one attached hydrogen (secondary N) is 3. The SMILES string of the molecule is CN(C)C(=O)Nc1cc(CNc2ccccc2C(=O)Nc2ccc3c(c2)OC(F)(F)OC3)ccn1. The van der Waals surface area contributed by atoms with Crippen molar-refractivity contribution in [2.24, 2.45) is 0 Å². The number of hydrogen-bond acceptors (Lipinski definition) is 6. The van der Waals surface area contributed by atoms with Crippen LogP contribution in [-0.4, -0.2) is 42.2 Å². The van der Waals surface area contributed by atoms with Crippen LogP contribution in [0, 0.1) is 0 Å². The summed E-state index contributed by atoms with van der Waals surface area (Å²) in [6.07, 6.45) is -2.14. The lowest BCUT2D eigenvalue weighted by Gasteiger charge is -2.25. The van der Waals surface area contributed by atoms with Crippen LogP contribution in [0.4, 0.5) is 30.8 Å². The van der Waals surface area contributed by atoms with E-state index in [-0.39, 0.29) is 18.4 Å². The summed E-state index contributed by atoms with van der Waals surface area (Å²) in [5.74, 6) is -0.0829. The number of pyridine rings is 1. The Kier molecular flexibility index (Phi) is 6.78. The molecule has 3 N–H and O–H groups in total. The van der Waals surface area contributed by atoms with Crippen molar-refractivity contribution >= 4 is 29.1 Å². The normalized spacial score (nSPS) is 13.7. The van der Waals surface area contributed by atoms with Gasteiger partial charge in [-0.05, 0) is 35.9 Å². The zero-order valence-electron chi connectivity index (χ0n) is 19.0. The number of aromatic nitrogens is 1. The molecule has 1 aliphatic heterocycles. The molecule has 0 unspecified atom stereocenters. The Balaban J connectivity index is 1.44. The van der Waals surface area contributed by atoms with Crippen molar-refractivity contribution in [1.29, 1.82) is 0 Å².